The molecule has 1 aliphatic heterocycles. The topological polar surface area (TPSA) is 46.9 Å². The molecule has 0 unspecified atom stereocenters. The molecule has 0 saturated heterocycles. The second-order valence-electron chi connectivity index (χ2n) is 3.55. The van der Waals surface area contributed by atoms with Crippen molar-refractivity contribution in [1.29, 1.82) is 0 Å². The molecule has 0 amide bonds. The lowest BCUT2D eigenvalue weighted by Gasteiger charge is -2.16. The van der Waals surface area contributed by atoms with E-state index in [-0.39, 0.29) is 5.56 Å². The van der Waals surface area contributed by atoms with Crippen LogP contribution >= 0.6 is 0 Å². The minimum absolute atomic E-state index is 0.0664. The maximum Gasteiger partial charge on any atom is 0.256 e. The highest BCUT2D eigenvalue weighted by atomic mass is 16.1. The van der Waals surface area contributed by atoms with Crippen LogP contribution < -0.4 is 10.9 Å². The lowest BCUT2D eigenvalue weighted by Crippen LogP contribution is -2.34. The Morgan fingerprint density at radius 2 is 2.53 bits per heavy atom. The first-order valence-corrected chi connectivity index (χ1v) is 5.04. The van der Waals surface area contributed by atoms with Crippen LogP contribution in [0.4, 0.5) is 0 Å². The molecule has 1 aromatic heterocycles. The Kier molecular flexibility index (Phi) is 2.84. The van der Waals surface area contributed by atoms with Gasteiger partial charge in [-0.05, 0) is 13.0 Å². The Morgan fingerprint density at radius 3 is 3.33 bits per heavy atom. The third-order valence-electron chi connectivity index (χ3n) is 2.56. The first-order valence-electron chi connectivity index (χ1n) is 5.04. The average molecular weight is 203 g/mol. The van der Waals surface area contributed by atoms with Crippen molar-refractivity contribution in [3.8, 4) is 12.3 Å². The zero-order chi connectivity index (χ0) is 10.7. The summed E-state index contributed by atoms with van der Waals surface area (Å²) in [5.41, 5.74) is 1.79. The van der Waals surface area contributed by atoms with Crippen molar-refractivity contribution in [2.75, 3.05) is 6.54 Å². The van der Waals surface area contributed by atoms with Gasteiger partial charge in [0.2, 0.25) is 0 Å². The highest BCUT2D eigenvalue weighted by Crippen LogP contribution is 2.05. The fourth-order valence-corrected chi connectivity index (χ4v) is 1.73. The van der Waals surface area contributed by atoms with Crippen molar-refractivity contribution in [3.05, 3.63) is 27.9 Å². The Labute approximate surface area is 88.3 Å². The average Bonchev–Trinajstić information content (AvgIpc) is 2.29. The first-order chi connectivity index (χ1) is 7.33. The standard InChI is InChI=1S/C11H13N3O/c1-2-3-6-14-8-13-10-7-12-5-4-9(10)11(14)15/h1,8,12H,3-7H2. The van der Waals surface area contributed by atoms with E-state index in [2.05, 4.69) is 16.2 Å². The summed E-state index contributed by atoms with van der Waals surface area (Å²) in [6, 6.07) is 0. The predicted octanol–water partition coefficient (Wildman–Crippen LogP) is -0.0877. The van der Waals surface area contributed by atoms with Crippen molar-refractivity contribution < 1.29 is 0 Å². The molecule has 1 aliphatic rings. The van der Waals surface area contributed by atoms with Gasteiger partial charge in [0.05, 0.1) is 12.0 Å². The Bertz CT molecular complexity index is 456. The number of rotatable bonds is 2. The van der Waals surface area contributed by atoms with Crippen molar-refractivity contribution >= 4 is 0 Å². The molecule has 0 bridgehead atoms. The van der Waals surface area contributed by atoms with Crippen LogP contribution in [-0.2, 0) is 19.5 Å². The van der Waals surface area contributed by atoms with E-state index >= 15 is 0 Å². The number of aryl methyl sites for hydroxylation is 1. The van der Waals surface area contributed by atoms with Gasteiger partial charge in [-0.3, -0.25) is 9.36 Å². The molecule has 0 fully saturated rings. The van der Waals surface area contributed by atoms with Gasteiger partial charge >= 0.3 is 0 Å². The molecule has 4 nitrogen and oxygen atoms in total. The summed E-state index contributed by atoms with van der Waals surface area (Å²) in [5.74, 6) is 2.52. The number of nitrogens with zero attached hydrogens (tertiary/aromatic N) is 2. The molecule has 78 valence electrons. The number of terminal acetylenes is 1. The molecule has 4 heteroatoms. The third-order valence-corrected chi connectivity index (χ3v) is 2.56. The summed E-state index contributed by atoms with van der Waals surface area (Å²) in [7, 11) is 0. The van der Waals surface area contributed by atoms with Crippen molar-refractivity contribution in [2.24, 2.45) is 0 Å². The van der Waals surface area contributed by atoms with Crippen LogP contribution in [0.5, 0.6) is 0 Å². The first kappa shape index (κ1) is 9.94. The quantitative estimate of drug-likeness (QED) is 0.683. The molecule has 0 spiro atoms. The lowest BCUT2D eigenvalue weighted by molar-refractivity contribution is 0.585. The summed E-state index contributed by atoms with van der Waals surface area (Å²) < 4.78 is 1.60. The highest BCUT2D eigenvalue weighted by Gasteiger charge is 2.14. The maximum absolute atomic E-state index is 11.9. The van der Waals surface area contributed by atoms with Gasteiger partial charge in [0, 0.05) is 25.1 Å². The van der Waals surface area contributed by atoms with Gasteiger partial charge in [-0.2, -0.15) is 0 Å². The normalized spacial score (nSPS) is 14.3. The molecule has 15 heavy (non-hydrogen) atoms. The van der Waals surface area contributed by atoms with Crippen LogP contribution in [0.25, 0.3) is 0 Å². The van der Waals surface area contributed by atoms with Gasteiger partial charge < -0.3 is 5.32 Å². The van der Waals surface area contributed by atoms with E-state index in [0.717, 1.165) is 24.2 Å². The molecular formula is C11H13N3O. The molecule has 2 heterocycles. The smallest absolute Gasteiger partial charge is 0.256 e. The maximum atomic E-state index is 11.9. The SMILES string of the molecule is C#CCCn1cnc2c(c1=O)CCNC2. The molecule has 1 N–H and O–H groups in total. The number of nitrogens with one attached hydrogen (secondary N) is 1. The summed E-state index contributed by atoms with van der Waals surface area (Å²) in [6.07, 6.45) is 8.09. The molecule has 0 saturated carbocycles. The van der Waals surface area contributed by atoms with Gasteiger partial charge in [0.1, 0.15) is 0 Å². The van der Waals surface area contributed by atoms with E-state index in [1.165, 1.54) is 0 Å². The van der Waals surface area contributed by atoms with E-state index in [9.17, 15) is 4.79 Å². The van der Waals surface area contributed by atoms with E-state index in [1.807, 2.05) is 0 Å². The van der Waals surface area contributed by atoms with E-state index in [4.69, 9.17) is 6.42 Å². The Balaban J connectivity index is 2.35. The van der Waals surface area contributed by atoms with Crippen molar-refractivity contribution in [2.45, 2.75) is 25.9 Å². The second-order valence-corrected chi connectivity index (χ2v) is 3.55. The van der Waals surface area contributed by atoms with Gasteiger partial charge in [0.25, 0.3) is 5.56 Å². The molecule has 0 aliphatic carbocycles. The van der Waals surface area contributed by atoms with E-state index < -0.39 is 0 Å². The van der Waals surface area contributed by atoms with Gasteiger partial charge in [-0.1, -0.05) is 0 Å². The van der Waals surface area contributed by atoms with Crippen LogP contribution in [0.15, 0.2) is 11.1 Å². The molecule has 1 aromatic rings. The van der Waals surface area contributed by atoms with Gasteiger partial charge in [-0.25, -0.2) is 4.98 Å². The van der Waals surface area contributed by atoms with Crippen LogP contribution in [-0.4, -0.2) is 16.1 Å². The van der Waals surface area contributed by atoms with Crippen LogP contribution in [0, 0.1) is 12.3 Å². The fraction of sp³-hybridized carbons (Fsp3) is 0.455. The lowest BCUT2D eigenvalue weighted by atomic mass is 10.1. The summed E-state index contributed by atoms with van der Waals surface area (Å²) >= 11 is 0. The minimum Gasteiger partial charge on any atom is -0.311 e. The summed E-state index contributed by atoms with van der Waals surface area (Å²) in [4.78, 5) is 16.2. The highest BCUT2D eigenvalue weighted by molar-refractivity contribution is 5.19. The zero-order valence-electron chi connectivity index (χ0n) is 8.49. The van der Waals surface area contributed by atoms with Crippen molar-refractivity contribution in [3.63, 3.8) is 0 Å². The Morgan fingerprint density at radius 1 is 1.67 bits per heavy atom. The monoisotopic (exact) mass is 203 g/mol. The zero-order valence-corrected chi connectivity index (χ0v) is 8.49. The molecule has 0 atom stereocenters. The van der Waals surface area contributed by atoms with E-state index in [1.54, 1.807) is 10.9 Å². The number of hydrogen-bond acceptors (Lipinski definition) is 3. The van der Waals surface area contributed by atoms with E-state index in [0.29, 0.717) is 19.5 Å². The molecular weight excluding hydrogens is 190 g/mol. The number of aromatic nitrogens is 2. The predicted molar refractivity (Wildman–Crippen MR) is 57.4 cm³/mol. The van der Waals surface area contributed by atoms with Gasteiger partial charge in [0.15, 0.2) is 0 Å². The van der Waals surface area contributed by atoms with Crippen LogP contribution in [0.1, 0.15) is 17.7 Å². The molecule has 0 aromatic carbocycles. The molecule has 0 radical (unpaired) electrons. The number of hydrogen-bond donors (Lipinski definition) is 1. The van der Waals surface area contributed by atoms with Gasteiger partial charge in [-0.15, -0.1) is 12.3 Å². The summed E-state index contributed by atoms with van der Waals surface area (Å²) in [6.45, 7) is 2.10. The third kappa shape index (κ3) is 1.92. The van der Waals surface area contributed by atoms with Crippen molar-refractivity contribution in [1.82, 2.24) is 14.9 Å². The number of fused-ring (bicyclic) bond motifs is 1. The van der Waals surface area contributed by atoms with Crippen LogP contribution in [0.2, 0.25) is 0 Å². The summed E-state index contributed by atoms with van der Waals surface area (Å²) in [5, 5.41) is 3.19. The largest absolute Gasteiger partial charge is 0.311 e. The second kappa shape index (κ2) is 4.28. The Hall–Kier alpha value is -1.60. The fourth-order valence-electron chi connectivity index (χ4n) is 1.73. The minimum atomic E-state index is 0.0664. The molecule has 2 rings (SSSR count). The van der Waals surface area contributed by atoms with Crippen LogP contribution in [0.3, 0.4) is 0 Å².